The molecule has 0 saturated carbocycles. The van der Waals surface area contributed by atoms with Gasteiger partial charge < -0.3 is 15.0 Å². The lowest BCUT2D eigenvalue weighted by molar-refractivity contribution is -0.384. The normalized spacial score (nSPS) is 10.4. The van der Waals surface area contributed by atoms with E-state index in [4.69, 9.17) is 4.74 Å². The summed E-state index contributed by atoms with van der Waals surface area (Å²) in [6, 6.07) is 2.94. The first kappa shape index (κ1) is 17.2. The maximum atomic E-state index is 11.1. The molecule has 0 fully saturated rings. The zero-order valence-electron chi connectivity index (χ0n) is 13.0. The standard InChI is InChI=1S/C14H24N4O3/c1-15-10-6-4-5-7-11-17(2)14-12(18(19)20)8-9-13(16-14)21-3/h8-9,15H,4-7,10-11H2,1-3H3. The van der Waals surface area contributed by atoms with Crippen LogP contribution in [0.15, 0.2) is 12.1 Å². The summed E-state index contributed by atoms with van der Waals surface area (Å²) >= 11 is 0. The van der Waals surface area contributed by atoms with E-state index in [9.17, 15) is 10.1 Å². The second-order valence-corrected chi connectivity index (χ2v) is 4.89. The van der Waals surface area contributed by atoms with E-state index in [-0.39, 0.29) is 5.69 Å². The van der Waals surface area contributed by atoms with Crippen LogP contribution in [0.1, 0.15) is 25.7 Å². The van der Waals surface area contributed by atoms with Gasteiger partial charge in [0.2, 0.25) is 11.7 Å². The van der Waals surface area contributed by atoms with Crippen molar-refractivity contribution in [3.63, 3.8) is 0 Å². The van der Waals surface area contributed by atoms with Crippen molar-refractivity contribution in [3.8, 4) is 5.88 Å². The van der Waals surface area contributed by atoms with Gasteiger partial charge in [0.15, 0.2) is 0 Å². The monoisotopic (exact) mass is 296 g/mol. The Morgan fingerprint density at radius 2 is 2.05 bits per heavy atom. The molecule has 0 saturated heterocycles. The number of nitrogens with zero attached hydrogens (tertiary/aromatic N) is 3. The maximum Gasteiger partial charge on any atom is 0.311 e. The quantitative estimate of drug-likeness (QED) is 0.405. The van der Waals surface area contributed by atoms with Gasteiger partial charge in [-0.05, 0) is 26.4 Å². The van der Waals surface area contributed by atoms with Crippen molar-refractivity contribution in [2.75, 3.05) is 39.2 Å². The van der Waals surface area contributed by atoms with E-state index in [0.717, 1.165) is 38.8 Å². The van der Waals surface area contributed by atoms with E-state index in [1.807, 2.05) is 19.0 Å². The Morgan fingerprint density at radius 3 is 2.67 bits per heavy atom. The molecule has 0 spiro atoms. The minimum atomic E-state index is -0.412. The summed E-state index contributed by atoms with van der Waals surface area (Å²) in [4.78, 5) is 16.7. The number of nitro groups is 1. The molecule has 1 aromatic heterocycles. The van der Waals surface area contributed by atoms with Crippen LogP contribution in [0.5, 0.6) is 5.88 Å². The van der Waals surface area contributed by atoms with Gasteiger partial charge in [-0.2, -0.15) is 4.98 Å². The SMILES string of the molecule is CNCCCCCCN(C)c1nc(OC)ccc1[N+](=O)[O-]. The van der Waals surface area contributed by atoms with E-state index >= 15 is 0 Å². The Labute approximate surface area is 125 Å². The molecule has 118 valence electrons. The average Bonchev–Trinajstić information content (AvgIpc) is 2.49. The minimum Gasteiger partial charge on any atom is -0.481 e. The molecule has 0 aromatic carbocycles. The summed E-state index contributed by atoms with van der Waals surface area (Å²) in [6.07, 6.45) is 4.39. The lowest BCUT2D eigenvalue weighted by Crippen LogP contribution is -2.21. The molecule has 21 heavy (non-hydrogen) atoms. The van der Waals surface area contributed by atoms with Crippen molar-refractivity contribution in [2.45, 2.75) is 25.7 Å². The minimum absolute atomic E-state index is 0.00785. The smallest absolute Gasteiger partial charge is 0.311 e. The molecular weight excluding hydrogens is 272 g/mol. The number of rotatable bonds is 10. The molecule has 0 amide bonds. The predicted molar refractivity (Wildman–Crippen MR) is 83.1 cm³/mol. The Hall–Kier alpha value is -1.89. The summed E-state index contributed by atoms with van der Waals surface area (Å²) < 4.78 is 5.04. The fourth-order valence-corrected chi connectivity index (χ4v) is 2.07. The fraction of sp³-hybridized carbons (Fsp3) is 0.643. The van der Waals surface area contributed by atoms with E-state index in [0.29, 0.717) is 11.7 Å². The number of methoxy groups -OCH3 is 1. The predicted octanol–water partition coefficient (Wildman–Crippen LogP) is 2.21. The third kappa shape index (κ3) is 5.55. The number of hydrogen-bond acceptors (Lipinski definition) is 6. The van der Waals surface area contributed by atoms with Gasteiger partial charge in [-0.15, -0.1) is 0 Å². The van der Waals surface area contributed by atoms with E-state index in [2.05, 4.69) is 10.3 Å². The molecule has 7 nitrogen and oxygen atoms in total. The van der Waals surface area contributed by atoms with Gasteiger partial charge in [0.25, 0.3) is 0 Å². The molecule has 0 unspecified atom stereocenters. The number of nitrogens with one attached hydrogen (secondary N) is 1. The Kier molecular flexibility index (Phi) is 7.45. The van der Waals surface area contributed by atoms with E-state index in [1.54, 1.807) is 0 Å². The van der Waals surface area contributed by atoms with Crippen LogP contribution >= 0.6 is 0 Å². The van der Waals surface area contributed by atoms with Crippen molar-refractivity contribution in [2.24, 2.45) is 0 Å². The highest BCUT2D eigenvalue weighted by atomic mass is 16.6. The maximum absolute atomic E-state index is 11.1. The highest BCUT2D eigenvalue weighted by molar-refractivity contribution is 5.58. The molecule has 1 heterocycles. The van der Waals surface area contributed by atoms with Crippen molar-refractivity contribution in [3.05, 3.63) is 22.2 Å². The molecule has 0 atom stereocenters. The summed E-state index contributed by atoms with van der Waals surface area (Å²) in [5.41, 5.74) is 0.00785. The average molecular weight is 296 g/mol. The molecule has 1 rings (SSSR count). The third-order valence-corrected chi connectivity index (χ3v) is 3.27. The number of pyridine rings is 1. The van der Waals surface area contributed by atoms with Crippen molar-refractivity contribution in [1.29, 1.82) is 0 Å². The van der Waals surface area contributed by atoms with Gasteiger partial charge in [-0.25, -0.2) is 0 Å². The molecule has 7 heteroatoms. The van der Waals surface area contributed by atoms with Gasteiger partial charge in [-0.3, -0.25) is 10.1 Å². The highest BCUT2D eigenvalue weighted by Gasteiger charge is 2.19. The fourth-order valence-electron chi connectivity index (χ4n) is 2.07. The van der Waals surface area contributed by atoms with Crippen LogP contribution in [-0.4, -0.2) is 44.2 Å². The van der Waals surface area contributed by atoms with E-state index in [1.165, 1.54) is 19.2 Å². The number of anilines is 1. The Morgan fingerprint density at radius 1 is 1.33 bits per heavy atom. The Bertz CT molecular complexity index is 454. The summed E-state index contributed by atoms with van der Waals surface area (Å²) in [6.45, 7) is 1.76. The molecule has 0 aliphatic carbocycles. The van der Waals surface area contributed by atoms with Crippen molar-refractivity contribution < 1.29 is 9.66 Å². The first-order valence-electron chi connectivity index (χ1n) is 7.15. The van der Waals surface area contributed by atoms with Gasteiger partial charge >= 0.3 is 5.69 Å². The lowest BCUT2D eigenvalue weighted by Gasteiger charge is -2.18. The Balaban J connectivity index is 2.59. The summed E-state index contributed by atoms with van der Waals surface area (Å²) in [5, 5.41) is 14.2. The molecule has 1 aromatic rings. The topological polar surface area (TPSA) is 80.5 Å². The number of hydrogen-bond donors (Lipinski definition) is 1. The zero-order chi connectivity index (χ0) is 15.7. The highest BCUT2D eigenvalue weighted by Crippen LogP contribution is 2.27. The van der Waals surface area contributed by atoms with Gasteiger partial charge in [0.05, 0.1) is 12.0 Å². The largest absolute Gasteiger partial charge is 0.481 e. The first-order chi connectivity index (χ1) is 10.1. The van der Waals surface area contributed by atoms with Crippen LogP contribution in [0.25, 0.3) is 0 Å². The number of unbranched alkanes of at least 4 members (excludes halogenated alkanes) is 3. The van der Waals surface area contributed by atoms with Gasteiger partial charge in [0.1, 0.15) is 0 Å². The molecule has 1 N–H and O–H groups in total. The molecule has 0 bridgehead atoms. The van der Waals surface area contributed by atoms with Crippen LogP contribution < -0.4 is 15.0 Å². The van der Waals surface area contributed by atoms with Crippen LogP contribution in [0.3, 0.4) is 0 Å². The van der Waals surface area contributed by atoms with E-state index < -0.39 is 4.92 Å². The molecule has 0 aliphatic rings. The summed E-state index contributed by atoms with van der Waals surface area (Å²) in [7, 11) is 5.27. The van der Waals surface area contributed by atoms with Gasteiger partial charge in [0, 0.05) is 25.7 Å². The number of aromatic nitrogens is 1. The van der Waals surface area contributed by atoms with Crippen LogP contribution in [0.4, 0.5) is 11.5 Å². The summed E-state index contributed by atoms with van der Waals surface area (Å²) in [5.74, 6) is 0.742. The van der Waals surface area contributed by atoms with Crippen LogP contribution in [-0.2, 0) is 0 Å². The number of ether oxygens (including phenoxy) is 1. The second-order valence-electron chi connectivity index (χ2n) is 4.89. The second kappa shape index (κ2) is 9.12. The first-order valence-corrected chi connectivity index (χ1v) is 7.15. The third-order valence-electron chi connectivity index (χ3n) is 3.27. The van der Waals surface area contributed by atoms with Gasteiger partial charge in [-0.1, -0.05) is 12.8 Å². The van der Waals surface area contributed by atoms with Crippen LogP contribution in [0, 0.1) is 10.1 Å². The van der Waals surface area contributed by atoms with Crippen LogP contribution in [0.2, 0.25) is 0 Å². The molecular formula is C14H24N4O3. The zero-order valence-corrected chi connectivity index (χ0v) is 13.0. The lowest BCUT2D eigenvalue weighted by atomic mass is 10.2. The molecule has 0 radical (unpaired) electrons. The molecule has 0 aliphatic heterocycles. The van der Waals surface area contributed by atoms with Crippen molar-refractivity contribution in [1.82, 2.24) is 10.3 Å². The van der Waals surface area contributed by atoms with Crippen molar-refractivity contribution >= 4 is 11.5 Å².